The minimum atomic E-state index is 0.860. The van der Waals surface area contributed by atoms with Gasteiger partial charge >= 0.3 is 0 Å². The summed E-state index contributed by atoms with van der Waals surface area (Å²) >= 11 is 0. The van der Waals surface area contributed by atoms with Crippen LogP contribution in [-0.2, 0) is 0 Å². The van der Waals surface area contributed by atoms with Gasteiger partial charge in [-0.15, -0.1) is 0 Å². The lowest BCUT2D eigenvalue weighted by Gasteiger charge is -2.03. The van der Waals surface area contributed by atoms with Gasteiger partial charge in [0.2, 0.25) is 0 Å². The van der Waals surface area contributed by atoms with E-state index in [0.717, 1.165) is 6.54 Å². The third-order valence-corrected chi connectivity index (χ3v) is 4.78. The molecule has 0 aliphatic rings. The van der Waals surface area contributed by atoms with Gasteiger partial charge in [-0.3, -0.25) is 0 Å². The molecule has 0 atom stereocenters. The van der Waals surface area contributed by atoms with E-state index >= 15 is 0 Å². The maximum absolute atomic E-state index is 6.86. The molecule has 0 aliphatic carbocycles. The van der Waals surface area contributed by atoms with Crippen LogP contribution in [0.15, 0.2) is 0 Å². The Morgan fingerprint density at radius 1 is 0.455 bits per heavy atom. The van der Waals surface area contributed by atoms with Gasteiger partial charge in [0, 0.05) is 0 Å². The zero-order valence-corrected chi connectivity index (χ0v) is 15.6. The smallest absolute Gasteiger partial charge is 0.118 e. The molecule has 0 radical (unpaired) electrons. The van der Waals surface area contributed by atoms with Crippen molar-refractivity contribution >= 4 is 0 Å². The molecule has 0 heterocycles. The summed E-state index contributed by atoms with van der Waals surface area (Å²) in [4.78, 5) is 0. The minimum Gasteiger partial charge on any atom is -0.330 e. The molecular weight excluding hydrogens is 266 g/mol. The topological polar surface area (TPSA) is 26.0 Å². The Bertz CT molecular complexity index is 176. The van der Waals surface area contributed by atoms with Gasteiger partial charge in [0.05, 0.1) is 0 Å². The standard InChI is InChI=1S/C21H45N/c1-2-3-4-5-6-7-8-9-10-11-12-13-14-15-16-17-18-19-20-21-22/h2-22H2,1H3/i/hD. The molecule has 0 saturated carbocycles. The Kier molecular flexibility index (Phi) is 19.1. The largest absolute Gasteiger partial charge is 0.330 e. The van der Waals surface area contributed by atoms with E-state index < -0.39 is 0 Å². The molecule has 0 bridgehead atoms. The van der Waals surface area contributed by atoms with Crippen LogP contribution in [0.4, 0.5) is 0 Å². The second-order valence-electron chi connectivity index (χ2n) is 7.11. The van der Waals surface area contributed by atoms with Crippen molar-refractivity contribution in [1.29, 1.82) is 0 Å². The third-order valence-electron chi connectivity index (χ3n) is 4.78. The summed E-state index contributed by atoms with van der Waals surface area (Å²) in [5.41, 5.74) is 2.47. The molecule has 0 unspecified atom stereocenters. The SMILES string of the molecule is [2H]NCCCCCCCCCCCCCCCCCCCCC. The van der Waals surface area contributed by atoms with E-state index in [1.165, 1.54) is 122 Å². The molecule has 0 spiro atoms. The Morgan fingerprint density at radius 3 is 1.00 bits per heavy atom. The molecule has 0 aromatic rings. The summed E-state index contributed by atoms with van der Waals surface area (Å²) in [7, 11) is 0. The minimum absolute atomic E-state index is 0.860. The van der Waals surface area contributed by atoms with Crippen LogP contribution in [0.1, 0.15) is 129 Å². The predicted octanol–water partition coefficient (Wildman–Crippen LogP) is 7.38. The number of hydrogen-bond donors (Lipinski definition) is 1. The van der Waals surface area contributed by atoms with Crippen molar-refractivity contribution in [2.24, 2.45) is 5.73 Å². The zero-order chi connectivity index (χ0) is 16.8. The number of hydrogen-bond acceptors (Lipinski definition) is 1. The molecule has 0 aromatic carbocycles. The molecule has 0 rings (SSSR count). The highest BCUT2D eigenvalue weighted by atomic mass is 14.5. The summed E-state index contributed by atoms with van der Waals surface area (Å²) in [6.45, 7) is 3.15. The summed E-state index contributed by atoms with van der Waals surface area (Å²) in [5.74, 6) is 0. The van der Waals surface area contributed by atoms with E-state index in [9.17, 15) is 0 Å². The lowest BCUT2D eigenvalue weighted by Crippen LogP contribution is -1.97. The van der Waals surface area contributed by atoms with Crippen LogP contribution in [0.2, 0.25) is 1.41 Å². The van der Waals surface area contributed by atoms with Crippen LogP contribution in [0, 0.1) is 0 Å². The molecule has 134 valence electrons. The fourth-order valence-electron chi connectivity index (χ4n) is 3.20. The predicted molar refractivity (Wildman–Crippen MR) is 102 cm³/mol. The molecule has 0 fully saturated rings. The average molecular weight is 313 g/mol. The second kappa shape index (κ2) is 21.0. The van der Waals surface area contributed by atoms with Crippen molar-refractivity contribution < 1.29 is 1.41 Å². The summed E-state index contributed by atoms with van der Waals surface area (Å²) < 4.78 is 6.86. The maximum Gasteiger partial charge on any atom is 0.118 e. The van der Waals surface area contributed by atoms with Gasteiger partial charge in [-0.1, -0.05) is 122 Å². The molecule has 22 heavy (non-hydrogen) atoms. The lowest BCUT2D eigenvalue weighted by molar-refractivity contribution is 0.523. The normalized spacial score (nSPS) is 11.8. The van der Waals surface area contributed by atoms with Gasteiger partial charge in [-0.05, 0) is 13.0 Å². The van der Waals surface area contributed by atoms with Crippen molar-refractivity contribution in [3.63, 3.8) is 0 Å². The maximum atomic E-state index is 6.86. The Morgan fingerprint density at radius 2 is 0.727 bits per heavy atom. The summed E-state index contributed by atoms with van der Waals surface area (Å²) in [6.07, 6.45) is 27.0. The van der Waals surface area contributed by atoms with Crippen molar-refractivity contribution in [3.05, 3.63) is 0 Å². The van der Waals surface area contributed by atoms with Crippen LogP contribution in [0.25, 0.3) is 0 Å². The van der Waals surface area contributed by atoms with Gasteiger partial charge in [-0.2, -0.15) is 0 Å². The highest BCUT2D eigenvalue weighted by Gasteiger charge is 1.94. The highest BCUT2D eigenvalue weighted by Crippen LogP contribution is 2.14. The fraction of sp³-hybridized carbons (Fsp3) is 1.00. The fourth-order valence-corrected chi connectivity index (χ4v) is 3.20. The quantitative estimate of drug-likeness (QED) is 0.233. The van der Waals surface area contributed by atoms with E-state index in [4.69, 9.17) is 1.41 Å². The Hall–Kier alpha value is -0.0400. The van der Waals surface area contributed by atoms with Crippen molar-refractivity contribution in [3.8, 4) is 0 Å². The molecule has 0 saturated heterocycles. The van der Waals surface area contributed by atoms with Gasteiger partial charge < -0.3 is 5.73 Å². The molecule has 0 aliphatic heterocycles. The van der Waals surface area contributed by atoms with Crippen LogP contribution in [-0.4, -0.2) is 6.54 Å². The Balaban J connectivity index is 2.92. The number of nitrogens with two attached hydrogens (primary N) is 1. The summed E-state index contributed by atoms with van der Waals surface area (Å²) in [6, 6.07) is 0. The number of unbranched alkanes of at least 4 members (excludes halogenated alkanes) is 18. The van der Waals surface area contributed by atoms with E-state index in [2.05, 4.69) is 12.7 Å². The first-order valence-electron chi connectivity index (χ1n) is 11.1. The monoisotopic (exact) mass is 312 g/mol. The van der Waals surface area contributed by atoms with Gasteiger partial charge in [0.1, 0.15) is 1.41 Å². The van der Waals surface area contributed by atoms with E-state index in [0.29, 0.717) is 0 Å². The Labute approximate surface area is 143 Å². The number of rotatable bonds is 20. The second-order valence-corrected chi connectivity index (χ2v) is 7.11. The molecular formula is C21H45N. The summed E-state index contributed by atoms with van der Waals surface area (Å²) in [5, 5.41) is 0. The van der Waals surface area contributed by atoms with Gasteiger partial charge in [0.25, 0.3) is 0 Å². The first-order valence-corrected chi connectivity index (χ1v) is 10.6. The van der Waals surface area contributed by atoms with Crippen LogP contribution in [0.3, 0.4) is 0 Å². The van der Waals surface area contributed by atoms with Crippen LogP contribution < -0.4 is 5.73 Å². The molecule has 1 nitrogen and oxygen atoms in total. The third kappa shape index (κ3) is 20.0. The molecule has 1 heteroatoms. The molecule has 0 amide bonds. The van der Waals surface area contributed by atoms with Crippen molar-refractivity contribution in [2.45, 2.75) is 129 Å². The molecule has 2 N–H and O–H groups in total. The first kappa shape index (κ1) is 20.0. The van der Waals surface area contributed by atoms with E-state index in [1.54, 1.807) is 0 Å². The van der Waals surface area contributed by atoms with Crippen LogP contribution in [0.5, 0.6) is 0 Å². The zero-order valence-electron chi connectivity index (χ0n) is 16.6. The van der Waals surface area contributed by atoms with Crippen molar-refractivity contribution in [2.75, 3.05) is 6.54 Å². The van der Waals surface area contributed by atoms with Crippen molar-refractivity contribution in [1.82, 2.24) is 0 Å². The lowest BCUT2D eigenvalue weighted by atomic mass is 10.0. The highest BCUT2D eigenvalue weighted by molar-refractivity contribution is 4.50. The molecule has 0 aromatic heterocycles. The van der Waals surface area contributed by atoms with E-state index in [-0.39, 0.29) is 0 Å². The van der Waals surface area contributed by atoms with Crippen LogP contribution >= 0.6 is 0 Å². The van der Waals surface area contributed by atoms with Gasteiger partial charge in [0.15, 0.2) is 0 Å². The van der Waals surface area contributed by atoms with Gasteiger partial charge in [-0.25, -0.2) is 0 Å². The average Bonchev–Trinajstić information content (AvgIpc) is 2.57. The van der Waals surface area contributed by atoms with E-state index in [1.807, 2.05) is 0 Å². The first-order chi connectivity index (χ1) is 11.4.